The lowest BCUT2D eigenvalue weighted by Crippen LogP contribution is -2.16. The number of anilines is 1. The molecule has 0 saturated carbocycles. The van der Waals surface area contributed by atoms with Gasteiger partial charge in [-0.2, -0.15) is 0 Å². The van der Waals surface area contributed by atoms with Crippen molar-refractivity contribution in [2.24, 2.45) is 0 Å². The number of aromatic carboxylic acids is 1. The van der Waals surface area contributed by atoms with Crippen molar-refractivity contribution in [3.63, 3.8) is 0 Å². The zero-order chi connectivity index (χ0) is 19.2. The van der Waals surface area contributed by atoms with Gasteiger partial charge in [0, 0.05) is 0 Å². The van der Waals surface area contributed by atoms with Gasteiger partial charge in [-0.25, -0.2) is 9.18 Å². The summed E-state index contributed by atoms with van der Waals surface area (Å²) in [6.07, 6.45) is 1.47. The van der Waals surface area contributed by atoms with E-state index in [0.717, 1.165) is 17.5 Å². The minimum absolute atomic E-state index is 0.0387. The molecule has 0 bridgehead atoms. The Labute approximate surface area is 156 Å². The van der Waals surface area contributed by atoms with Gasteiger partial charge >= 0.3 is 5.97 Å². The number of carbonyl (C=O) groups excluding carboxylic acids is 1. The molecule has 0 heterocycles. The van der Waals surface area contributed by atoms with E-state index in [1.54, 1.807) is 18.2 Å². The summed E-state index contributed by atoms with van der Waals surface area (Å²) >= 11 is 0. The lowest BCUT2D eigenvalue weighted by Gasteiger charge is -2.11. The summed E-state index contributed by atoms with van der Waals surface area (Å²) < 4.78 is 13.8. The third kappa shape index (κ3) is 4.58. The smallest absolute Gasteiger partial charge is 0.337 e. The van der Waals surface area contributed by atoms with Crippen molar-refractivity contribution < 1.29 is 19.1 Å². The molecule has 3 aromatic rings. The number of carboxylic acid groups (broad SMARTS) is 1. The van der Waals surface area contributed by atoms with Crippen LogP contribution in [0.25, 0.3) is 0 Å². The molecule has 0 fully saturated rings. The van der Waals surface area contributed by atoms with Crippen LogP contribution in [0.1, 0.15) is 31.8 Å². The van der Waals surface area contributed by atoms with Crippen LogP contribution in [0, 0.1) is 5.82 Å². The molecule has 0 atom stereocenters. The number of rotatable bonds is 6. The standard InChI is InChI=1S/C22H18FNO3/c23-19-9-5-4-8-17(19)21(25)24-20-14-16(12-13-18(20)22(26)27)11-10-15-6-2-1-3-7-15/h1-9,12-14H,10-11H2,(H,24,25)(H,26,27). The summed E-state index contributed by atoms with van der Waals surface area (Å²) in [4.78, 5) is 23.8. The largest absolute Gasteiger partial charge is 0.478 e. The Kier molecular flexibility index (Phi) is 5.61. The first-order valence-electron chi connectivity index (χ1n) is 8.50. The van der Waals surface area contributed by atoms with Crippen LogP contribution in [0.15, 0.2) is 72.8 Å². The minimum Gasteiger partial charge on any atom is -0.478 e. The Morgan fingerprint density at radius 1 is 0.815 bits per heavy atom. The average molecular weight is 363 g/mol. The molecule has 0 aliphatic carbocycles. The summed E-state index contributed by atoms with van der Waals surface area (Å²) in [5.74, 6) is -2.50. The molecular weight excluding hydrogens is 345 g/mol. The first-order chi connectivity index (χ1) is 13.0. The summed E-state index contributed by atoms with van der Waals surface area (Å²) in [5.41, 5.74) is 2.03. The normalized spacial score (nSPS) is 10.4. The van der Waals surface area contributed by atoms with E-state index in [9.17, 15) is 19.1 Å². The Morgan fingerprint density at radius 2 is 1.48 bits per heavy atom. The molecule has 5 heteroatoms. The van der Waals surface area contributed by atoms with E-state index < -0.39 is 17.7 Å². The molecule has 0 aliphatic rings. The predicted molar refractivity (Wildman–Crippen MR) is 102 cm³/mol. The summed E-state index contributed by atoms with van der Waals surface area (Å²) in [6, 6.07) is 20.3. The molecule has 0 aromatic heterocycles. The van der Waals surface area contributed by atoms with Gasteiger partial charge in [-0.15, -0.1) is 0 Å². The van der Waals surface area contributed by atoms with Gasteiger partial charge < -0.3 is 10.4 Å². The maximum absolute atomic E-state index is 13.8. The molecule has 0 radical (unpaired) electrons. The SMILES string of the molecule is O=C(Nc1cc(CCc2ccccc2)ccc1C(=O)O)c1ccccc1F. The second kappa shape index (κ2) is 8.27. The van der Waals surface area contributed by atoms with Gasteiger partial charge in [0.25, 0.3) is 5.91 Å². The Morgan fingerprint density at radius 3 is 2.19 bits per heavy atom. The molecule has 3 rings (SSSR count). The van der Waals surface area contributed by atoms with Crippen molar-refractivity contribution in [1.29, 1.82) is 0 Å². The number of amides is 1. The van der Waals surface area contributed by atoms with Gasteiger partial charge in [0.2, 0.25) is 0 Å². The molecule has 0 saturated heterocycles. The Hall–Kier alpha value is -3.47. The fourth-order valence-electron chi connectivity index (χ4n) is 2.81. The topological polar surface area (TPSA) is 66.4 Å². The second-order valence-electron chi connectivity index (χ2n) is 6.10. The lowest BCUT2D eigenvalue weighted by atomic mass is 10.0. The molecule has 136 valence electrons. The predicted octanol–water partition coefficient (Wildman–Crippen LogP) is 4.56. The van der Waals surface area contributed by atoms with Crippen LogP contribution >= 0.6 is 0 Å². The number of halogens is 1. The first kappa shape index (κ1) is 18.3. The minimum atomic E-state index is -1.16. The number of carbonyl (C=O) groups is 2. The van der Waals surface area contributed by atoms with Crippen LogP contribution in [0.5, 0.6) is 0 Å². The van der Waals surface area contributed by atoms with Gasteiger partial charge in [0.05, 0.1) is 16.8 Å². The fourth-order valence-corrected chi connectivity index (χ4v) is 2.81. The number of benzene rings is 3. The number of hydrogen-bond donors (Lipinski definition) is 2. The molecule has 0 unspecified atom stereocenters. The summed E-state index contributed by atoms with van der Waals surface area (Å²) in [5, 5.41) is 11.9. The number of nitrogens with one attached hydrogen (secondary N) is 1. The molecule has 3 aromatic carbocycles. The first-order valence-corrected chi connectivity index (χ1v) is 8.50. The molecule has 4 nitrogen and oxygen atoms in total. The third-order valence-electron chi connectivity index (χ3n) is 4.23. The van der Waals surface area contributed by atoms with Crippen molar-refractivity contribution >= 4 is 17.6 Å². The second-order valence-corrected chi connectivity index (χ2v) is 6.10. The highest BCUT2D eigenvalue weighted by Crippen LogP contribution is 2.21. The molecular formula is C22H18FNO3. The monoisotopic (exact) mass is 363 g/mol. The maximum Gasteiger partial charge on any atom is 0.337 e. The average Bonchev–Trinajstić information content (AvgIpc) is 2.67. The van der Waals surface area contributed by atoms with Gasteiger partial charge in [-0.05, 0) is 48.2 Å². The molecule has 0 aliphatic heterocycles. The molecule has 2 N–H and O–H groups in total. The third-order valence-corrected chi connectivity index (χ3v) is 4.23. The van der Waals surface area contributed by atoms with E-state index in [1.165, 1.54) is 24.3 Å². The Bertz CT molecular complexity index is 970. The zero-order valence-electron chi connectivity index (χ0n) is 14.5. The number of aryl methyl sites for hydroxylation is 2. The van der Waals surface area contributed by atoms with Gasteiger partial charge in [0.15, 0.2) is 0 Å². The van der Waals surface area contributed by atoms with Crippen LogP contribution in [-0.4, -0.2) is 17.0 Å². The van der Waals surface area contributed by atoms with E-state index in [1.807, 2.05) is 30.3 Å². The number of hydrogen-bond acceptors (Lipinski definition) is 2. The van der Waals surface area contributed by atoms with E-state index in [-0.39, 0.29) is 16.8 Å². The van der Waals surface area contributed by atoms with Crippen LogP contribution in [0.2, 0.25) is 0 Å². The van der Waals surface area contributed by atoms with Crippen molar-refractivity contribution in [2.45, 2.75) is 12.8 Å². The maximum atomic E-state index is 13.8. The highest BCUT2D eigenvalue weighted by atomic mass is 19.1. The molecule has 0 spiro atoms. The van der Waals surface area contributed by atoms with E-state index in [0.29, 0.717) is 6.42 Å². The van der Waals surface area contributed by atoms with E-state index in [4.69, 9.17) is 0 Å². The summed E-state index contributed by atoms with van der Waals surface area (Å²) in [7, 11) is 0. The van der Waals surface area contributed by atoms with Crippen molar-refractivity contribution in [2.75, 3.05) is 5.32 Å². The van der Waals surface area contributed by atoms with E-state index in [2.05, 4.69) is 5.32 Å². The zero-order valence-corrected chi connectivity index (χ0v) is 14.5. The molecule has 1 amide bonds. The van der Waals surface area contributed by atoms with Crippen LogP contribution in [0.3, 0.4) is 0 Å². The summed E-state index contributed by atoms with van der Waals surface area (Å²) in [6.45, 7) is 0. The van der Waals surface area contributed by atoms with E-state index >= 15 is 0 Å². The van der Waals surface area contributed by atoms with Crippen LogP contribution in [0.4, 0.5) is 10.1 Å². The van der Waals surface area contributed by atoms with Crippen molar-refractivity contribution in [1.82, 2.24) is 0 Å². The highest BCUT2D eigenvalue weighted by molar-refractivity contribution is 6.07. The number of carboxylic acids is 1. The van der Waals surface area contributed by atoms with Crippen LogP contribution in [-0.2, 0) is 12.8 Å². The van der Waals surface area contributed by atoms with Gasteiger partial charge in [0.1, 0.15) is 5.82 Å². The van der Waals surface area contributed by atoms with Gasteiger partial charge in [-0.3, -0.25) is 4.79 Å². The fraction of sp³-hybridized carbons (Fsp3) is 0.0909. The Balaban J connectivity index is 1.82. The van der Waals surface area contributed by atoms with Gasteiger partial charge in [-0.1, -0.05) is 48.5 Å². The van der Waals surface area contributed by atoms with Crippen molar-refractivity contribution in [3.8, 4) is 0 Å². The quantitative estimate of drug-likeness (QED) is 0.675. The van der Waals surface area contributed by atoms with Crippen molar-refractivity contribution in [3.05, 3.63) is 101 Å². The molecule has 27 heavy (non-hydrogen) atoms. The lowest BCUT2D eigenvalue weighted by molar-refractivity contribution is 0.0698. The highest BCUT2D eigenvalue weighted by Gasteiger charge is 2.16. The van der Waals surface area contributed by atoms with Crippen LogP contribution < -0.4 is 5.32 Å².